The van der Waals surface area contributed by atoms with E-state index in [1.54, 1.807) is 11.9 Å². The average molecular weight is 325 g/mol. The van der Waals surface area contributed by atoms with Gasteiger partial charge in [-0.3, -0.25) is 9.69 Å². The zero-order valence-corrected chi connectivity index (χ0v) is 14.6. The van der Waals surface area contributed by atoms with E-state index in [-0.39, 0.29) is 18.0 Å². The maximum atomic E-state index is 13.0. The summed E-state index contributed by atoms with van der Waals surface area (Å²) < 4.78 is 0. The SMILES string of the molecule is Cc1cc(C)c(C2NC(=O)N(C)C3=C2C(=O)N(C2CC2)C3)cc1C. The lowest BCUT2D eigenvalue weighted by Crippen LogP contribution is -2.45. The highest BCUT2D eigenvalue weighted by Gasteiger charge is 2.47. The minimum absolute atomic E-state index is 0.0852. The summed E-state index contributed by atoms with van der Waals surface area (Å²) >= 11 is 0. The standard InChI is InChI=1S/C19H23N3O2/c1-10-7-12(3)14(8-11(10)2)17-16-15(21(4)19(24)20-17)9-22(18(16)23)13-5-6-13/h7-8,13,17H,5-6,9H2,1-4H3,(H,20,24). The summed E-state index contributed by atoms with van der Waals surface area (Å²) in [7, 11) is 1.75. The van der Waals surface area contributed by atoms with Crippen molar-refractivity contribution in [1.82, 2.24) is 15.1 Å². The Morgan fingerprint density at radius 2 is 1.71 bits per heavy atom. The molecule has 0 bridgehead atoms. The second-order valence-electron chi connectivity index (χ2n) is 7.26. The van der Waals surface area contributed by atoms with Gasteiger partial charge < -0.3 is 10.2 Å². The largest absolute Gasteiger partial charge is 0.330 e. The van der Waals surface area contributed by atoms with Crippen LogP contribution in [0.15, 0.2) is 23.4 Å². The number of rotatable bonds is 2. The fourth-order valence-corrected chi connectivity index (χ4v) is 3.80. The van der Waals surface area contributed by atoms with Crippen LogP contribution < -0.4 is 5.32 Å². The molecule has 3 aliphatic rings. The maximum absolute atomic E-state index is 13.0. The molecule has 1 unspecified atom stereocenters. The molecule has 0 saturated heterocycles. The van der Waals surface area contributed by atoms with E-state index >= 15 is 0 Å². The fourth-order valence-electron chi connectivity index (χ4n) is 3.80. The summed E-state index contributed by atoms with van der Waals surface area (Å²) in [5.41, 5.74) is 6.14. The average Bonchev–Trinajstić information content (AvgIpc) is 3.31. The van der Waals surface area contributed by atoms with Gasteiger partial charge in [-0.05, 0) is 55.9 Å². The van der Waals surface area contributed by atoms with Gasteiger partial charge in [0.05, 0.1) is 23.9 Å². The Kier molecular flexibility index (Phi) is 3.24. The lowest BCUT2D eigenvalue weighted by Gasteiger charge is -2.32. The van der Waals surface area contributed by atoms with Crippen molar-refractivity contribution >= 4 is 11.9 Å². The molecular weight excluding hydrogens is 302 g/mol. The number of likely N-dealkylation sites (N-methyl/N-ethyl adjacent to an activating group) is 1. The second-order valence-corrected chi connectivity index (χ2v) is 7.26. The monoisotopic (exact) mass is 325 g/mol. The molecular formula is C19H23N3O2. The highest BCUT2D eigenvalue weighted by atomic mass is 16.2. The van der Waals surface area contributed by atoms with Gasteiger partial charge in [-0.2, -0.15) is 0 Å². The molecule has 5 nitrogen and oxygen atoms in total. The molecule has 1 aliphatic carbocycles. The number of hydrogen-bond donors (Lipinski definition) is 1. The van der Waals surface area contributed by atoms with Crippen LogP contribution >= 0.6 is 0 Å². The highest BCUT2D eigenvalue weighted by molar-refractivity contribution is 6.01. The molecule has 1 fully saturated rings. The minimum Gasteiger partial charge on any atom is -0.330 e. The molecule has 1 aromatic carbocycles. The van der Waals surface area contributed by atoms with Crippen LogP contribution in [-0.2, 0) is 4.79 Å². The number of nitrogens with one attached hydrogen (secondary N) is 1. The molecule has 1 aromatic rings. The van der Waals surface area contributed by atoms with Gasteiger partial charge in [-0.15, -0.1) is 0 Å². The number of nitrogens with zero attached hydrogens (tertiary/aromatic N) is 2. The molecule has 2 heterocycles. The number of hydrogen-bond acceptors (Lipinski definition) is 2. The third kappa shape index (κ3) is 2.14. The number of amides is 3. The van der Waals surface area contributed by atoms with Crippen LogP contribution in [0.1, 0.15) is 41.1 Å². The molecule has 3 amide bonds. The molecule has 5 heteroatoms. The lowest BCUT2D eigenvalue weighted by atomic mass is 9.90. The Labute approximate surface area is 142 Å². The van der Waals surface area contributed by atoms with Crippen molar-refractivity contribution in [2.24, 2.45) is 0 Å². The summed E-state index contributed by atoms with van der Waals surface area (Å²) in [4.78, 5) is 29.0. The number of benzene rings is 1. The first-order chi connectivity index (χ1) is 11.4. The molecule has 0 aromatic heterocycles. The van der Waals surface area contributed by atoms with E-state index in [2.05, 4.69) is 31.3 Å². The van der Waals surface area contributed by atoms with Gasteiger partial charge in [0.2, 0.25) is 0 Å². The molecule has 1 atom stereocenters. The van der Waals surface area contributed by atoms with E-state index in [0.717, 1.165) is 35.2 Å². The Morgan fingerprint density at radius 3 is 2.38 bits per heavy atom. The van der Waals surface area contributed by atoms with Crippen LogP contribution in [0.3, 0.4) is 0 Å². The predicted octanol–water partition coefficient (Wildman–Crippen LogP) is 2.57. The number of carbonyl (C=O) groups excluding carboxylic acids is 2. The summed E-state index contributed by atoms with van der Waals surface area (Å²) in [6.07, 6.45) is 2.15. The van der Waals surface area contributed by atoms with Crippen LogP contribution in [0.5, 0.6) is 0 Å². The summed E-state index contributed by atoms with van der Waals surface area (Å²) in [5.74, 6) is 0.0852. The third-order valence-corrected chi connectivity index (χ3v) is 5.57. The smallest absolute Gasteiger partial charge is 0.322 e. The summed E-state index contributed by atoms with van der Waals surface area (Å²) in [5, 5.41) is 3.03. The van der Waals surface area contributed by atoms with Crippen molar-refractivity contribution in [2.45, 2.75) is 45.7 Å². The molecule has 0 radical (unpaired) electrons. The number of carbonyl (C=O) groups is 2. The van der Waals surface area contributed by atoms with Gasteiger partial charge in [0.1, 0.15) is 0 Å². The van der Waals surface area contributed by atoms with Gasteiger partial charge in [0.15, 0.2) is 0 Å². The van der Waals surface area contributed by atoms with E-state index < -0.39 is 0 Å². The maximum Gasteiger partial charge on any atom is 0.322 e. The van der Waals surface area contributed by atoms with Crippen molar-refractivity contribution in [3.63, 3.8) is 0 Å². The van der Waals surface area contributed by atoms with E-state index in [9.17, 15) is 9.59 Å². The molecule has 1 N–H and O–H groups in total. The first-order valence-electron chi connectivity index (χ1n) is 8.54. The van der Waals surface area contributed by atoms with Crippen molar-refractivity contribution in [3.05, 3.63) is 45.7 Å². The number of urea groups is 1. The Balaban J connectivity index is 1.82. The normalized spacial score (nSPS) is 23.8. The van der Waals surface area contributed by atoms with Crippen molar-refractivity contribution < 1.29 is 9.59 Å². The molecule has 24 heavy (non-hydrogen) atoms. The van der Waals surface area contributed by atoms with Gasteiger partial charge in [-0.25, -0.2) is 4.79 Å². The second kappa shape index (κ2) is 5.10. The number of aryl methyl sites for hydroxylation is 3. The van der Waals surface area contributed by atoms with Gasteiger partial charge in [0.25, 0.3) is 5.91 Å². The Bertz CT molecular complexity index is 792. The van der Waals surface area contributed by atoms with Crippen LogP contribution in [0.4, 0.5) is 4.79 Å². The Hall–Kier alpha value is -2.30. The van der Waals surface area contributed by atoms with Gasteiger partial charge in [-0.1, -0.05) is 12.1 Å². The first kappa shape index (κ1) is 15.2. The van der Waals surface area contributed by atoms with Crippen LogP contribution in [0.2, 0.25) is 0 Å². The molecule has 0 spiro atoms. The van der Waals surface area contributed by atoms with Gasteiger partial charge >= 0.3 is 6.03 Å². The van der Waals surface area contributed by atoms with Crippen LogP contribution in [0.25, 0.3) is 0 Å². The highest BCUT2D eigenvalue weighted by Crippen LogP contribution is 2.41. The zero-order valence-electron chi connectivity index (χ0n) is 14.6. The van der Waals surface area contributed by atoms with Crippen molar-refractivity contribution in [3.8, 4) is 0 Å². The van der Waals surface area contributed by atoms with Gasteiger partial charge in [0, 0.05) is 13.1 Å². The molecule has 2 aliphatic heterocycles. The van der Waals surface area contributed by atoms with E-state index in [4.69, 9.17) is 0 Å². The van der Waals surface area contributed by atoms with E-state index in [1.165, 1.54) is 11.1 Å². The quantitative estimate of drug-likeness (QED) is 0.908. The Morgan fingerprint density at radius 1 is 1.04 bits per heavy atom. The molecule has 126 valence electrons. The van der Waals surface area contributed by atoms with Crippen LogP contribution in [-0.4, -0.2) is 41.4 Å². The summed E-state index contributed by atoms with van der Waals surface area (Å²) in [6.45, 7) is 6.75. The molecule has 4 rings (SSSR count). The van der Waals surface area contributed by atoms with E-state index in [1.807, 2.05) is 11.8 Å². The van der Waals surface area contributed by atoms with E-state index in [0.29, 0.717) is 12.6 Å². The summed E-state index contributed by atoms with van der Waals surface area (Å²) in [6, 6.07) is 4.11. The predicted molar refractivity (Wildman–Crippen MR) is 91.4 cm³/mol. The zero-order chi connectivity index (χ0) is 17.2. The van der Waals surface area contributed by atoms with Crippen molar-refractivity contribution in [1.29, 1.82) is 0 Å². The van der Waals surface area contributed by atoms with Crippen LogP contribution in [0, 0.1) is 20.8 Å². The first-order valence-corrected chi connectivity index (χ1v) is 8.54. The lowest BCUT2D eigenvalue weighted by molar-refractivity contribution is -0.126. The van der Waals surface area contributed by atoms with Crippen molar-refractivity contribution in [2.75, 3.05) is 13.6 Å². The topological polar surface area (TPSA) is 52.7 Å². The minimum atomic E-state index is -0.348. The molecule has 1 saturated carbocycles. The third-order valence-electron chi connectivity index (χ3n) is 5.57. The fraction of sp³-hybridized carbons (Fsp3) is 0.474.